The van der Waals surface area contributed by atoms with Gasteiger partial charge in [0.2, 0.25) is 4.96 Å². The highest BCUT2D eigenvalue weighted by Gasteiger charge is 2.14. The molecule has 9 heteroatoms. The van der Waals surface area contributed by atoms with Gasteiger partial charge >= 0.3 is 6.03 Å². The SMILES string of the molecule is COc1ccc(-c2nc3sc(CCNC(=O)Nc4cccs4)c(C)n3n2)cc1. The second-order valence-electron chi connectivity index (χ2n) is 6.08. The number of anilines is 1. The van der Waals surface area contributed by atoms with Gasteiger partial charge < -0.3 is 10.1 Å². The zero-order chi connectivity index (χ0) is 19.5. The second-order valence-corrected chi connectivity index (χ2v) is 8.09. The van der Waals surface area contributed by atoms with Crippen molar-refractivity contribution in [3.8, 4) is 17.1 Å². The van der Waals surface area contributed by atoms with Crippen molar-refractivity contribution < 1.29 is 9.53 Å². The molecule has 0 fully saturated rings. The van der Waals surface area contributed by atoms with Crippen LogP contribution in [0, 0.1) is 6.92 Å². The molecule has 0 saturated carbocycles. The molecule has 2 amide bonds. The van der Waals surface area contributed by atoms with Crippen molar-refractivity contribution in [1.29, 1.82) is 0 Å². The molecule has 0 aliphatic heterocycles. The fourth-order valence-corrected chi connectivity index (χ4v) is 4.44. The number of ether oxygens (including phenoxy) is 1. The molecule has 7 nitrogen and oxygen atoms in total. The van der Waals surface area contributed by atoms with Gasteiger partial charge in [-0.05, 0) is 48.7 Å². The minimum Gasteiger partial charge on any atom is -0.497 e. The number of aryl methyl sites for hydroxylation is 1. The summed E-state index contributed by atoms with van der Waals surface area (Å²) in [4.78, 5) is 18.6. The molecule has 0 spiro atoms. The van der Waals surface area contributed by atoms with Crippen LogP contribution < -0.4 is 15.4 Å². The second kappa shape index (κ2) is 7.99. The molecule has 0 bridgehead atoms. The number of fused-ring (bicyclic) bond motifs is 1. The maximum absolute atomic E-state index is 11.9. The van der Waals surface area contributed by atoms with Crippen LogP contribution in [-0.2, 0) is 6.42 Å². The summed E-state index contributed by atoms with van der Waals surface area (Å²) in [6, 6.07) is 11.3. The Hall–Kier alpha value is -2.91. The Morgan fingerprint density at radius 2 is 2.07 bits per heavy atom. The topological polar surface area (TPSA) is 80.5 Å². The number of carbonyl (C=O) groups is 1. The van der Waals surface area contributed by atoms with E-state index < -0.39 is 0 Å². The van der Waals surface area contributed by atoms with Crippen LogP contribution in [0.3, 0.4) is 0 Å². The van der Waals surface area contributed by atoms with E-state index in [0.717, 1.165) is 38.3 Å². The third-order valence-corrected chi connectivity index (χ3v) is 6.23. The number of hydrogen-bond donors (Lipinski definition) is 2. The van der Waals surface area contributed by atoms with E-state index in [9.17, 15) is 4.79 Å². The van der Waals surface area contributed by atoms with Gasteiger partial charge in [-0.15, -0.1) is 16.4 Å². The van der Waals surface area contributed by atoms with Crippen LogP contribution >= 0.6 is 22.7 Å². The number of nitrogens with one attached hydrogen (secondary N) is 2. The lowest BCUT2D eigenvalue weighted by atomic mass is 10.2. The minimum absolute atomic E-state index is 0.193. The molecule has 144 valence electrons. The van der Waals surface area contributed by atoms with Crippen LogP contribution in [0.15, 0.2) is 41.8 Å². The summed E-state index contributed by atoms with van der Waals surface area (Å²) in [7, 11) is 1.64. The predicted molar refractivity (Wildman–Crippen MR) is 113 cm³/mol. The quantitative estimate of drug-likeness (QED) is 0.496. The number of nitrogens with zero attached hydrogens (tertiary/aromatic N) is 3. The van der Waals surface area contributed by atoms with Crippen molar-refractivity contribution in [2.75, 3.05) is 19.0 Å². The van der Waals surface area contributed by atoms with Crippen molar-refractivity contribution in [3.05, 3.63) is 52.3 Å². The summed E-state index contributed by atoms with van der Waals surface area (Å²) in [5.74, 6) is 1.50. The first-order chi connectivity index (χ1) is 13.6. The van der Waals surface area contributed by atoms with Crippen molar-refractivity contribution >= 4 is 38.7 Å². The first-order valence-electron chi connectivity index (χ1n) is 8.72. The largest absolute Gasteiger partial charge is 0.497 e. The molecule has 4 aromatic rings. The van der Waals surface area contributed by atoms with Crippen molar-refractivity contribution in [3.63, 3.8) is 0 Å². The Labute approximate surface area is 170 Å². The maximum atomic E-state index is 11.9. The van der Waals surface area contributed by atoms with Crippen LogP contribution in [0.5, 0.6) is 5.75 Å². The number of carbonyl (C=O) groups excluding carboxylic acids is 1. The molecule has 3 heterocycles. The van der Waals surface area contributed by atoms with Crippen LogP contribution in [0.1, 0.15) is 10.6 Å². The molecule has 0 saturated heterocycles. The number of thiophene rings is 1. The first-order valence-corrected chi connectivity index (χ1v) is 10.4. The molecule has 3 aromatic heterocycles. The lowest BCUT2D eigenvalue weighted by Gasteiger charge is -2.05. The Morgan fingerprint density at radius 1 is 1.25 bits per heavy atom. The fraction of sp³-hybridized carbons (Fsp3) is 0.211. The number of urea groups is 1. The Bertz CT molecular complexity index is 1080. The average molecular weight is 414 g/mol. The Kier molecular flexibility index (Phi) is 5.27. The van der Waals surface area contributed by atoms with Gasteiger partial charge in [0.25, 0.3) is 0 Å². The zero-order valence-corrected chi connectivity index (χ0v) is 17.1. The van der Waals surface area contributed by atoms with Gasteiger partial charge in [0.05, 0.1) is 17.8 Å². The fourth-order valence-electron chi connectivity index (χ4n) is 2.77. The van der Waals surface area contributed by atoms with Gasteiger partial charge in [-0.25, -0.2) is 9.31 Å². The van der Waals surface area contributed by atoms with E-state index in [0.29, 0.717) is 12.4 Å². The third-order valence-electron chi connectivity index (χ3n) is 4.26. The van der Waals surface area contributed by atoms with Gasteiger partial charge in [0.1, 0.15) is 5.75 Å². The molecular weight excluding hydrogens is 394 g/mol. The highest BCUT2D eigenvalue weighted by atomic mass is 32.1. The van der Waals surface area contributed by atoms with Gasteiger partial charge in [-0.1, -0.05) is 11.3 Å². The van der Waals surface area contributed by atoms with Gasteiger partial charge in [0, 0.05) is 23.4 Å². The predicted octanol–water partition coefficient (Wildman–Crippen LogP) is 4.20. The first kappa shape index (κ1) is 18.5. The number of hydrogen-bond acceptors (Lipinski definition) is 6. The number of benzene rings is 1. The zero-order valence-electron chi connectivity index (χ0n) is 15.4. The van der Waals surface area contributed by atoms with E-state index >= 15 is 0 Å². The highest BCUT2D eigenvalue weighted by molar-refractivity contribution is 7.17. The number of methoxy groups -OCH3 is 1. The summed E-state index contributed by atoms with van der Waals surface area (Å²) < 4.78 is 7.06. The van der Waals surface area contributed by atoms with Crippen molar-refractivity contribution in [2.45, 2.75) is 13.3 Å². The monoisotopic (exact) mass is 413 g/mol. The normalized spacial score (nSPS) is 10.9. The molecule has 0 aliphatic carbocycles. The molecule has 2 N–H and O–H groups in total. The van der Waals surface area contributed by atoms with E-state index in [2.05, 4.69) is 20.7 Å². The van der Waals surface area contributed by atoms with E-state index in [1.165, 1.54) is 11.3 Å². The number of aromatic nitrogens is 3. The Morgan fingerprint density at radius 3 is 2.75 bits per heavy atom. The van der Waals surface area contributed by atoms with Crippen LogP contribution in [0.25, 0.3) is 16.3 Å². The van der Waals surface area contributed by atoms with Crippen LogP contribution in [0.2, 0.25) is 0 Å². The summed E-state index contributed by atoms with van der Waals surface area (Å²) >= 11 is 3.09. The lowest BCUT2D eigenvalue weighted by Crippen LogP contribution is -2.30. The van der Waals surface area contributed by atoms with Gasteiger partial charge in [0.15, 0.2) is 5.82 Å². The van der Waals surface area contributed by atoms with E-state index in [4.69, 9.17) is 4.74 Å². The van der Waals surface area contributed by atoms with Crippen molar-refractivity contribution in [1.82, 2.24) is 19.9 Å². The van der Waals surface area contributed by atoms with E-state index in [-0.39, 0.29) is 6.03 Å². The maximum Gasteiger partial charge on any atom is 0.319 e. The molecule has 0 unspecified atom stereocenters. The van der Waals surface area contributed by atoms with Gasteiger partial charge in [-0.2, -0.15) is 4.98 Å². The summed E-state index contributed by atoms with van der Waals surface area (Å²) in [6.07, 6.45) is 0.733. The smallest absolute Gasteiger partial charge is 0.319 e. The van der Waals surface area contributed by atoms with Crippen molar-refractivity contribution in [2.24, 2.45) is 0 Å². The lowest BCUT2D eigenvalue weighted by molar-refractivity contribution is 0.252. The summed E-state index contributed by atoms with van der Waals surface area (Å²) in [6.45, 7) is 2.57. The van der Waals surface area contributed by atoms with E-state index in [1.807, 2.05) is 53.2 Å². The summed E-state index contributed by atoms with van der Waals surface area (Å²) in [5, 5.41) is 13.1. The van der Waals surface area contributed by atoms with Crippen LogP contribution in [-0.4, -0.2) is 34.3 Å². The number of thiazole rings is 1. The minimum atomic E-state index is -0.193. The molecule has 0 radical (unpaired) electrons. The molecule has 0 atom stereocenters. The highest BCUT2D eigenvalue weighted by Crippen LogP contribution is 2.26. The van der Waals surface area contributed by atoms with E-state index in [1.54, 1.807) is 18.4 Å². The van der Waals surface area contributed by atoms with Gasteiger partial charge in [-0.3, -0.25) is 5.32 Å². The molecule has 4 rings (SSSR count). The Balaban J connectivity index is 1.40. The molecule has 28 heavy (non-hydrogen) atoms. The molecule has 1 aromatic carbocycles. The molecule has 0 aliphatic rings. The number of amides is 2. The number of rotatable bonds is 6. The third kappa shape index (κ3) is 3.85. The van der Waals surface area contributed by atoms with Crippen LogP contribution in [0.4, 0.5) is 9.80 Å². The summed E-state index contributed by atoms with van der Waals surface area (Å²) in [5.41, 5.74) is 2.00. The standard InChI is InChI=1S/C19H19N5O2S2/c1-12-15(9-10-20-18(25)21-16-4-3-11-27-16)28-19-22-17(23-24(12)19)13-5-7-14(26-2)8-6-13/h3-8,11H,9-10H2,1-2H3,(H2,20,21,25). The average Bonchev–Trinajstić information content (AvgIpc) is 3.41. The molecular formula is C19H19N5O2S2.